The van der Waals surface area contributed by atoms with E-state index in [0.29, 0.717) is 0 Å². The van der Waals surface area contributed by atoms with Crippen LogP contribution in [0.5, 0.6) is 5.75 Å². The van der Waals surface area contributed by atoms with Gasteiger partial charge in [-0.05, 0) is 12.1 Å². The highest BCUT2D eigenvalue weighted by Gasteiger charge is 2.51. The Labute approximate surface area is 189 Å². The molecule has 33 heavy (non-hydrogen) atoms. The van der Waals surface area contributed by atoms with Gasteiger partial charge in [-0.25, -0.2) is 0 Å². The van der Waals surface area contributed by atoms with Gasteiger partial charge in [0.05, 0.1) is 5.69 Å². The first-order valence-electron chi connectivity index (χ1n) is 9.81. The molecule has 0 unspecified atom stereocenters. The molecular formula is C20H25N2O11-. The SMILES string of the molecule is CC(=O)N[C@H]1[C@H](Oc2cccc(N([O-])O)c2)O[C@H](COC(C)=O)[C@@H](OC(C)=O)[C@@H]1OC(C)=O. The summed E-state index contributed by atoms with van der Waals surface area (Å²) in [4.78, 5) is 46.8. The summed E-state index contributed by atoms with van der Waals surface area (Å²) in [6, 6.07) is 4.20. The molecule has 1 aromatic rings. The highest BCUT2D eigenvalue weighted by Crippen LogP contribution is 2.30. The molecule has 0 radical (unpaired) electrons. The molecule has 0 saturated carbocycles. The molecule has 1 aliphatic heterocycles. The van der Waals surface area contributed by atoms with Gasteiger partial charge in [-0.2, -0.15) is 0 Å². The van der Waals surface area contributed by atoms with E-state index in [1.165, 1.54) is 31.2 Å². The van der Waals surface area contributed by atoms with Gasteiger partial charge in [0.1, 0.15) is 24.5 Å². The van der Waals surface area contributed by atoms with Gasteiger partial charge >= 0.3 is 17.9 Å². The number of esters is 3. The van der Waals surface area contributed by atoms with Crippen molar-refractivity contribution >= 4 is 29.5 Å². The number of anilines is 1. The van der Waals surface area contributed by atoms with Crippen molar-refractivity contribution in [3.05, 3.63) is 29.5 Å². The highest BCUT2D eigenvalue weighted by molar-refractivity contribution is 5.73. The molecule has 1 aliphatic rings. The average Bonchev–Trinajstić information content (AvgIpc) is 2.70. The molecule has 1 aromatic carbocycles. The van der Waals surface area contributed by atoms with Gasteiger partial charge in [-0.3, -0.25) is 24.4 Å². The number of amides is 1. The van der Waals surface area contributed by atoms with Crippen LogP contribution in [0.3, 0.4) is 0 Å². The van der Waals surface area contributed by atoms with Gasteiger partial charge < -0.3 is 39.4 Å². The zero-order valence-corrected chi connectivity index (χ0v) is 18.4. The summed E-state index contributed by atoms with van der Waals surface area (Å²) in [6.45, 7) is 4.23. The summed E-state index contributed by atoms with van der Waals surface area (Å²) in [5.74, 6) is -2.60. The third-order valence-corrected chi connectivity index (χ3v) is 4.36. The molecule has 182 valence electrons. The Morgan fingerprint density at radius 1 is 1.06 bits per heavy atom. The van der Waals surface area contributed by atoms with Crippen molar-refractivity contribution in [2.45, 2.75) is 58.3 Å². The molecule has 1 saturated heterocycles. The molecule has 13 nitrogen and oxygen atoms in total. The Hall–Kier alpha value is -3.42. The van der Waals surface area contributed by atoms with Crippen LogP contribution in [0.1, 0.15) is 27.7 Å². The zero-order chi connectivity index (χ0) is 24.7. The Kier molecular flexibility index (Phi) is 8.96. The fourth-order valence-corrected chi connectivity index (χ4v) is 3.20. The predicted octanol–water partition coefficient (Wildman–Crippen LogP) is 0.415. The Morgan fingerprint density at radius 3 is 2.24 bits per heavy atom. The summed E-state index contributed by atoms with van der Waals surface area (Å²) in [6.07, 6.45) is -5.04. The Bertz CT molecular complexity index is 875. The van der Waals surface area contributed by atoms with Crippen LogP contribution < -0.4 is 15.3 Å². The normalized spacial score (nSPS) is 24.2. The number of ether oxygens (including phenoxy) is 5. The molecule has 5 atom stereocenters. The zero-order valence-electron chi connectivity index (χ0n) is 18.4. The smallest absolute Gasteiger partial charge is 0.303 e. The number of hydrogen-bond donors (Lipinski definition) is 2. The van der Waals surface area contributed by atoms with Crippen LogP contribution in [0.25, 0.3) is 0 Å². The average molecular weight is 469 g/mol. The van der Waals surface area contributed by atoms with Crippen LogP contribution in [0.2, 0.25) is 0 Å². The third kappa shape index (κ3) is 7.59. The van der Waals surface area contributed by atoms with E-state index in [1.807, 2.05) is 0 Å². The molecule has 2 N–H and O–H groups in total. The van der Waals surface area contributed by atoms with E-state index in [9.17, 15) is 24.4 Å². The molecule has 0 spiro atoms. The van der Waals surface area contributed by atoms with Crippen molar-refractivity contribution < 1.29 is 48.1 Å². The van der Waals surface area contributed by atoms with Crippen LogP contribution in [-0.4, -0.2) is 66.3 Å². The summed E-state index contributed by atoms with van der Waals surface area (Å²) in [5, 5.41) is 22.5. The van der Waals surface area contributed by atoms with Gasteiger partial charge in [-0.1, -0.05) is 6.07 Å². The lowest BCUT2D eigenvalue weighted by molar-refractivity contribution is -0.257. The van der Waals surface area contributed by atoms with Crippen LogP contribution in [0, 0.1) is 5.21 Å². The molecule has 0 aromatic heterocycles. The van der Waals surface area contributed by atoms with Crippen molar-refractivity contribution in [2.75, 3.05) is 11.8 Å². The number of carbonyl (C=O) groups is 4. The number of nitrogens with one attached hydrogen (secondary N) is 1. The van der Waals surface area contributed by atoms with E-state index in [1.54, 1.807) is 0 Å². The maximum atomic E-state index is 11.9. The molecule has 1 amide bonds. The summed E-state index contributed by atoms with van der Waals surface area (Å²) in [7, 11) is 0. The van der Waals surface area contributed by atoms with Gasteiger partial charge in [0.2, 0.25) is 12.2 Å². The van der Waals surface area contributed by atoms with Crippen LogP contribution in [-0.2, 0) is 38.1 Å². The molecule has 1 fully saturated rings. The molecule has 0 aliphatic carbocycles. The molecular weight excluding hydrogens is 444 g/mol. The van der Waals surface area contributed by atoms with Crippen LogP contribution >= 0.6 is 0 Å². The fourth-order valence-electron chi connectivity index (χ4n) is 3.20. The molecule has 1 heterocycles. The number of benzene rings is 1. The summed E-state index contributed by atoms with van der Waals surface area (Å²) in [5.41, 5.74) is -0.148. The predicted molar refractivity (Wildman–Crippen MR) is 109 cm³/mol. The topological polar surface area (TPSA) is 173 Å². The van der Waals surface area contributed by atoms with Crippen LogP contribution in [0.15, 0.2) is 24.3 Å². The number of nitrogens with zero attached hydrogens (tertiary/aromatic N) is 1. The van der Waals surface area contributed by atoms with Crippen LogP contribution in [0.4, 0.5) is 5.69 Å². The van der Waals surface area contributed by atoms with Gasteiger partial charge in [0, 0.05) is 33.8 Å². The maximum absolute atomic E-state index is 11.9. The van der Waals surface area contributed by atoms with Gasteiger partial charge in [0.15, 0.2) is 12.2 Å². The lowest BCUT2D eigenvalue weighted by Crippen LogP contribution is -2.67. The van der Waals surface area contributed by atoms with E-state index in [-0.39, 0.29) is 23.3 Å². The lowest BCUT2D eigenvalue weighted by atomic mass is 9.96. The van der Waals surface area contributed by atoms with E-state index < -0.39 is 54.5 Å². The quantitative estimate of drug-likeness (QED) is 0.305. The molecule has 2 rings (SSSR count). The van der Waals surface area contributed by atoms with Crippen molar-refractivity contribution in [1.82, 2.24) is 5.32 Å². The van der Waals surface area contributed by atoms with Crippen molar-refractivity contribution in [2.24, 2.45) is 0 Å². The van der Waals surface area contributed by atoms with Gasteiger partial charge in [0.25, 0.3) is 0 Å². The van der Waals surface area contributed by atoms with E-state index in [2.05, 4.69) is 5.32 Å². The second-order valence-corrected chi connectivity index (χ2v) is 7.11. The number of hydrogen-bond acceptors (Lipinski definition) is 12. The summed E-state index contributed by atoms with van der Waals surface area (Å²) < 4.78 is 27.3. The fraction of sp³-hybridized carbons (Fsp3) is 0.500. The lowest BCUT2D eigenvalue weighted by Gasteiger charge is -2.44. The van der Waals surface area contributed by atoms with Gasteiger partial charge in [-0.15, -0.1) is 0 Å². The second-order valence-electron chi connectivity index (χ2n) is 7.11. The minimum Gasteiger partial charge on any atom is -0.733 e. The largest absolute Gasteiger partial charge is 0.733 e. The second kappa shape index (κ2) is 11.4. The van der Waals surface area contributed by atoms with Crippen molar-refractivity contribution in [1.29, 1.82) is 0 Å². The third-order valence-electron chi connectivity index (χ3n) is 4.36. The van der Waals surface area contributed by atoms with Crippen molar-refractivity contribution in [3.8, 4) is 5.75 Å². The first kappa shape index (κ1) is 25.8. The minimum absolute atomic E-state index is 0.0569. The highest BCUT2D eigenvalue weighted by atomic mass is 16.8. The Morgan fingerprint density at radius 2 is 1.70 bits per heavy atom. The van der Waals surface area contributed by atoms with E-state index in [4.69, 9.17) is 28.9 Å². The van der Waals surface area contributed by atoms with E-state index >= 15 is 0 Å². The maximum Gasteiger partial charge on any atom is 0.303 e. The van der Waals surface area contributed by atoms with Crippen molar-refractivity contribution in [3.63, 3.8) is 0 Å². The Balaban J connectivity index is 2.46. The molecule has 0 bridgehead atoms. The molecule has 13 heteroatoms. The summed E-state index contributed by atoms with van der Waals surface area (Å²) >= 11 is 0. The van der Waals surface area contributed by atoms with E-state index in [0.717, 1.165) is 20.8 Å². The minimum atomic E-state index is -1.35. The monoisotopic (exact) mass is 469 g/mol. The number of carbonyl (C=O) groups excluding carboxylic acids is 4. The standard InChI is InChI=1S/C20H25N2O11/c1-10(23)21-17-19(31-13(4)26)18(30-12(3)25)16(9-29-11(2)24)33-20(17)32-15-7-5-6-14(8-15)22(27)28/h5-8,16-20,27H,9H2,1-4H3,(H,21,23)/q-1/t16-,17-,18-,19-,20-/m1/s1. The first-order chi connectivity index (χ1) is 15.5. The number of rotatable bonds is 8. The first-order valence-corrected chi connectivity index (χ1v) is 9.81.